The minimum absolute atomic E-state index is 0.0567. The molecule has 0 radical (unpaired) electrons. The molecular formula is C21H21N5O5S. The molecule has 3 aromatic rings. The first-order valence-corrected chi connectivity index (χ1v) is 11.1. The lowest BCUT2D eigenvalue weighted by atomic mass is 10.1. The molecule has 0 aliphatic carbocycles. The van der Waals surface area contributed by atoms with Gasteiger partial charge >= 0.3 is 6.03 Å². The zero-order valence-electron chi connectivity index (χ0n) is 17.1. The molecule has 0 saturated heterocycles. The molecule has 0 fully saturated rings. The summed E-state index contributed by atoms with van der Waals surface area (Å²) in [5.74, 6) is -0.182. The summed E-state index contributed by atoms with van der Waals surface area (Å²) in [4.78, 5) is 32.6. The standard InChI is InChI=1S/C21H21N5O5S/c1-31-18-13-15(7-8-17(18)25-21(28)26-19-14-22-9-10-23-19)20(27)24-11-12-32(29,30)16-5-3-2-4-6-16/h2-10,13-14H,11-12H2,1H3,(H,24,27)(H2,23,25,26,28). The first kappa shape index (κ1) is 22.7. The fourth-order valence-corrected chi connectivity index (χ4v) is 3.89. The summed E-state index contributed by atoms with van der Waals surface area (Å²) in [6.07, 6.45) is 4.31. The molecular weight excluding hydrogens is 434 g/mol. The number of carbonyl (C=O) groups is 2. The van der Waals surface area contributed by atoms with Crippen molar-refractivity contribution in [2.45, 2.75) is 4.90 Å². The van der Waals surface area contributed by atoms with E-state index in [0.717, 1.165) is 0 Å². The van der Waals surface area contributed by atoms with Gasteiger partial charge in [-0.2, -0.15) is 0 Å². The zero-order valence-corrected chi connectivity index (χ0v) is 17.9. The number of amides is 3. The lowest BCUT2D eigenvalue weighted by Crippen LogP contribution is -2.29. The van der Waals surface area contributed by atoms with Crippen LogP contribution in [0.2, 0.25) is 0 Å². The van der Waals surface area contributed by atoms with Crippen molar-refractivity contribution >= 4 is 33.3 Å². The lowest BCUT2D eigenvalue weighted by molar-refractivity contribution is 0.0956. The van der Waals surface area contributed by atoms with E-state index in [1.165, 1.54) is 56.0 Å². The molecule has 0 aliphatic rings. The Bertz CT molecular complexity index is 1190. The third kappa shape index (κ3) is 6.01. The second kappa shape index (κ2) is 10.4. The van der Waals surface area contributed by atoms with Crippen LogP contribution in [0.5, 0.6) is 5.75 Å². The Balaban J connectivity index is 1.59. The monoisotopic (exact) mass is 455 g/mol. The highest BCUT2D eigenvalue weighted by Crippen LogP contribution is 2.25. The van der Waals surface area contributed by atoms with Crippen LogP contribution in [0.1, 0.15) is 10.4 Å². The van der Waals surface area contributed by atoms with Crippen molar-refractivity contribution in [2.24, 2.45) is 0 Å². The molecule has 32 heavy (non-hydrogen) atoms. The van der Waals surface area contributed by atoms with E-state index in [0.29, 0.717) is 5.69 Å². The van der Waals surface area contributed by atoms with Crippen LogP contribution in [0, 0.1) is 0 Å². The zero-order chi connectivity index (χ0) is 23.0. The van der Waals surface area contributed by atoms with E-state index in [4.69, 9.17) is 4.74 Å². The molecule has 3 amide bonds. The van der Waals surface area contributed by atoms with Gasteiger partial charge in [-0.1, -0.05) is 18.2 Å². The van der Waals surface area contributed by atoms with Gasteiger partial charge in [-0.25, -0.2) is 18.2 Å². The van der Waals surface area contributed by atoms with Gasteiger partial charge in [0.1, 0.15) is 5.75 Å². The van der Waals surface area contributed by atoms with Gasteiger partial charge in [-0.3, -0.25) is 15.1 Å². The van der Waals surface area contributed by atoms with Gasteiger partial charge in [-0.15, -0.1) is 0 Å². The van der Waals surface area contributed by atoms with Crippen LogP contribution in [0.3, 0.4) is 0 Å². The maximum absolute atomic E-state index is 12.4. The number of anilines is 2. The summed E-state index contributed by atoms with van der Waals surface area (Å²) < 4.78 is 29.9. The number of methoxy groups -OCH3 is 1. The minimum atomic E-state index is -3.50. The van der Waals surface area contributed by atoms with Crippen LogP contribution in [0.4, 0.5) is 16.3 Å². The SMILES string of the molecule is COc1cc(C(=O)NCCS(=O)(=O)c2ccccc2)ccc1NC(=O)Nc1cnccn1. The highest BCUT2D eigenvalue weighted by atomic mass is 32.2. The first-order chi connectivity index (χ1) is 15.4. The van der Waals surface area contributed by atoms with Crippen LogP contribution < -0.4 is 20.7 Å². The fraction of sp³-hybridized carbons (Fsp3) is 0.143. The van der Waals surface area contributed by atoms with Crippen LogP contribution in [-0.4, -0.2) is 49.7 Å². The van der Waals surface area contributed by atoms with E-state index in [1.54, 1.807) is 18.2 Å². The predicted octanol–water partition coefficient (Wildman–Crippen LogP) is 2.33. The van der Waals surface area contributed by atoms with Crippen molar-refractivity contribution in [3.8, 4) is 5.75 Å². The predicted molar refractivity (Wildman–Crippen MR) is 118 cm³/mol. The summed E-state index contributed by atoms with van der Waals surface area (Å²) in [7, 11) is -2.10. The summed E-state index contributed by atoms with van der Waals surface area (Å²) in [6.45, 7) is -0.0567. The van der Waals surface area contributed by atoms with Crippen LogP contribution in [-0.2, 0) is 9.84 Å². The molecule has 11 heteroatoms. The quantitative estimate of drug-likeness (QED) is 0.474. The largest absolute Gasteiger partial charge is 0.495 e. The van der Waals surface area contributed by atoms with Crippen LogP contribution >= 0.6 is 0 Å². The number of sulfone groups is 1. The summed E-state index contributed by atoms with van der Waals surface area (Å²) in [6, 6.07) is 11.9. The van der Waals surface area contributed by atoms with E-state index in [1.807, 2.05) is 0 Å². The molecule has 0 unspecified atom stereocenters. The molecule has 0 bridgehead atoms. The Labute approximate surface area is 185 Å². The van der Waals surface area contributed by atoms with Crippen molar-refractivity contribution in [1.29, 1.82) is 0 Å². The molecule has 0 atom stereocenters. The first-order valence-electron chi connectivity index (χ1n) is 9.47. The molecule has 1 aromatic heterocycles. The van der Waals surface area contributed by atoms with Crippen molar-refractivity contribution in [3.05, 3.63) is 72.7 Å². The topological polar surface area (TPSA) is 139 Å². The van der Waals surface area contributed by atoms with Crippen LogP contribution in [0.25, 0.3) is 0 Å². The third-order valence-electron chi connectivity index (χ3n) is 4.28. The minimum Gasteiger partial charge on any atom is -0.495 e. The Kier molecular flexibility index (Phi) is 7.34. The maximum atomic E-state index is 12.4. The third-order valence-corrected chi connectivity index (χ3v) is 6.01. The molecule has 10 nitrogen and oxygen atoms in total. The number of carbonyl (C=O) groups excluding carboxylic acids is 2. The van der Waals surface area contributed by atoms with Gasteiger partial charge in [0, 0.05) is 24.5 Å². The van der Waals surface area contributed by atoms with Gasteiger partial charge in [-0.05, 0) is 30.3 Å². The molecule has 0 spiro atoms. The number of aromatic nitrogens is 2. The molecule has 1 heterocycles. The number of hydrogen-bond acceptors (Lipinski definition) is 7. The van der Waals surface area contributed by atoms with Gasteiger partial charge in [0.25, 0.3) is 5.91 Å². The summed E-state index contributed by atoms with van der Waals surface area (Å²) >= 11 is 0. The Morgan fingerprint density at radius 1 is 1.03 bits per heavy atom. The molecule has 0 aliphatic heterocycles. The number of ether oxygens (including phenoxy) is 1. The number of benzene rings is 2. The van der Waals surface area contributed by atoms with Crippen molar-refractivity contribution in [1.82, 2.24) is 15.3 Å². The highest BCUT2D eigenvalue weighted by molar-refractivity contribution is 7.91. The number of hydrogen-bond donors (Lipinski definition) is 3. The number of nitrogens with one attached hydrogen (secondary N) is 3. The van der Waals surface area contributed by atoms with E-state index >= 15 is 0 Å². The molecule has 0 saturated carbocycles. The average molecular weight is 455 g/mol. The average Bonchev–Trinajstić information content (AvgIpc) is 2.80. The van der Waals surface area contributed by atoms with Gasteiger partial charge in [0.2, 0.25) is 0 Å². The van der Waals surface area contributed by atoms with Gasteiger partial charge < -0.3 is 15.4 Å². The summed E-state index contributed by atoms with van der Waals surface area (Å²) in [5.41, 5.74) is 0.580. The normalized spacial score (nSPS) is 10.8. The van der Waals surface area contributed by atoms with Gasteiger partial charge in [0.15, 0.2) is 15.7 Å². The Morgan fingerprint density at radius 2 is 1.81 bits per heavy atom. The van der Waals surface area contributed by atoms with Crippen molar-refractivity contribution in [2.75, 3.05) is 30.0 Å². The van der Waals surface area contributed by atoms with Crippen molar-refractivity contribution in [3.63, 3.8) is 0 Å². The highest BCUT2D eigenvalue weighted by Gasteiger charge is 2.16. The second-order valence-electron chi connectivity index (χ2n) is 6.47. The van der Waals surface area contributed by atoms with E-state index in [2.05, 4.69) is 25.9 Å². The Hall–Kier alpha value is -3.99. The molecule has 3 rings (SSSR count). The number of urea groups is 1. The molecule has 2 aromatic carbocycles. The number of rotatable bonds is 8. The lowest BCUT2D eigenvalue weighted by Gasteiger charge is -2.12. The van der Waals surface area contributed by atoms with E-state index in [9.17, 15) is 18.0 Å². The maximum Gasteiger partial charge on any atom is 0.324 e. The molecule has 3 N–H and O–H groups in total. The fourth-order valence-electron chi connectivity index (χ4n) is 2.72. The van der Waals surface area contributed by atoms with Gasteiger partial charge in [0.05, 0.1) is 29.6 Å². The Morgan fingerprint density at radius 3 is 2.50 bits per heavy atom. The second-order valence-corrected chi connectivity index (χ2v) is 8.58. The van der Waals surface area contributed by atoms with E-state index in [-0.39, 0.29) is 34.3 Å². The van der Waals surface area contributed by atoms with Crippen molar-refractivity contribution < 1.29 is 22.7 Å². The van der Waals surface area contributed by atoms with E-state index < -0.39 is 21.8 Å². The smallest absolute Gasteiger partial charge is 0.324 e. The van der Waals surface area contributed by atoms with Crippen LogP contribution in [0.15, 0.2) is 72.0 Å². The summed E-state index contributed by atoms with van der Waals surface area (Å²) in [5, 5.41) is 7.70. The number of nitrogens with zero attached hydrogens (tertiary/aromatic N) is 2. The molecule has 166 valence electrons.